The Morgan fingerprint density at radius 3 is 2.53 bits per heavy atom. The van der Waals surface area contributed by atoms with E-state index in [0.717, 1.165) is 25.0 Å². The van der Waals surface area contributed by atoms with Gasteiger partial charge in [0.05, 0.1) is 12.9 Å². The Labute approximate surface area is 178 Å². The van der Waals surface area contributed by atoms with Gasteiger partial charge in [-0.05, 0) is 6.42 Å². The number of ether oxygens (including phenoxy) is 1. The van der Waals surface area contributed by atoms with Gasteiger partial charge < -0.3 is 26.1 Å². The highest BCUT2D eigenvalue weighted by atomic mass is 16.5. The summed E-state index contributed by atoms with van der Waals surface area (Å²) in [5.41, 5.74) is 6.11. The average Bonchev–Trinajstić information content (AvgIpc) is 3.23. The molecule has 9 nitrogen and oxygen atoms in total. The number of amides is 2. The van der Waals surface area contributed by atoms with Crippen LogP contribution in [0.25, 0.3) is 0 Å². The van der Waals surface area contributed by atoms with Crippen LogP contribution in [-0.4, -0.2) is 53.5 Å². The molecule has 0 unspecified atom stereocenters. The van der Waals surface area contributed by atoms with E-state index >= 15 is 0 Å². The van der Waals surface area contributed by atoms with Crippen molar-refractivity contribution in [2.45, 2.75) is 77.2 Å². The first-order valence-corrected chi connectivity index (χ1v) is 11.0. The minimum atomic E-state index is -0.757. The van der Waals surface area contributed by atoms with Crippen LogP contribution < -0.4 is 16.4 Å². The van der Waals surface area contributed by atoms with Crippen molar-refractivity contribution in [3.8, 4) is 0 Å². The van der Waals surface area contributed by atoms with E-state index in [1.807, 2.05) is 0 Å². The third-order valence-electron chi connectivity index (χ3n) is 4.65. The summed E-state index contributed by atoms with van der Waals surface area (Å²) < 4.78 is 5.17. The van der Waals surface area contributed by atoms with Gasteiger partial charge in [0.25, 0.3) is 0 Å². The lowest BCUT2D eigenvalue weighted by molar-refractivity contribution is -0.144. The van der Waals surface area contributed by atoms with Crippen molar-refractivity contribution < 1.29 is 19.1 Å². The standard InChI is InChI=1S/C21H37N5O4/c1-2-3-4-5-6-7-8-9-20(28)30-13-12-24-21(29)18(26-19(27)10-11-22)14-17-15-23-16-25-17/h15-16,18H,2-14,22H2,1H3,(H,23,25)(H,24,29)(H,26,27)/t18-/m0/s1. The van der Waals surface area contributed by atoms with E-state index in [2.05, 4.69) is 27.5 Å². The molecule has 5 N–H and O–H groups in total. The minimum absolute atomic E-state index is 0.106. The molecule has 1 aromatic rings. The zero-order chi connectivity index (χ0) is 22.0. The Kier molecular flexibility index (Phi) is 14.0. The van der Waals surface area contributed by atoms with Crippen molar-refractivity contribution in [3.05, 3.63) is 18.2 Å². The summed E-state index contributed by atoms with van der Waals surface area (Å²) in [6.45, 7) is 2.69. The average molecular weight is 424 g/mol. The zero-order valence-corrected chi connectivity index (χ0v) is 18.1. The lowest BCUT2D eigenvalue weighted by Crippen LogP contribution is -2.49. The molecule has 0 saturated heterocycles. The van der Waals surface area contributed by atoms with E-state index in [9.17, 15) is 14.4 Å². The van der Waals surface area contributed by atoms with Crippen molar-refractivity contribution in [2.24, 2.45) is 5.73 Å². The van der Waals surface area contributed by atoms with Crippen molar-refractivity contribution in [1.82, 2.24) is 20.6 Å². The number of H-pyrrole nitrogens is 1. The molecule has 0 spiro atoms. The Morgan fingerprint density at radius 1 is 1.13 bits per heavy atom. The van der Waals surface area contributed by atoms with Crippen LogP contribution >= 0.6 is 0 Å². The van der Waals surface area contributed by atoms with E-state index in [4.69, 9.17) is 10.5 Å². The van der Waals surface area contributed by atoms with Crippen LogP contribution in [0.15, 0.2) is 12.5 Å². The second-order valence-electron chi connectivity index (χ2n) is 7.32. The Morgan fingerprint density at radius 2 is 1.87 bits per heavy atom. The highest BCUT2D eigenvalue weighted by molar-refractivity contribution is 5.87. The maximum Gasteiger partial charge on any atom is 0.305 e. The molecule has 2 amide bonds. The summed E-state index contributed by atoms with van der Waals surface area (Å²) in [5, 5.41) is 5.37. The second-order valence-corrected chi connectivity index (χ2v) is 7.32. The summed E-state index contributed by atoms with van der Waals surface area (Å²) in [6, 6.07) is -0.757. The number of aromatic amines is 1. The SMILES string of the molecule is CCCCCCCCCC(=O)OCCNC(=O)[C@H](Cc1cnc[nH]1)NC(=O)CCN. The molecule has 0 aromatic carbocycles. The molecular formula is C21H37N5O4. The van der Waals surface area contributed by atoms with Crippen molar-refractivity contribution in [3.63, 3.8) is 0 Å². The second kappa shape index (κ2) is 16.4. The molecule has 0 fully saturated rings. The van der Waals surface area contributed by atoms with E-state index in [1.54, 1.807) is 6.20 Å². The monoisotopic (exact) mass is 423 g/mol. The van der Waals surface area contributed by atoms with Crippen molar-refractivity contribution in [2.75, 3.05) is 19.7 Å². The molecule has 1 atom stereocenters. The van der Waals surface area contributed by atoms with E-state index < -0.39 is 6.04 Å². The number of hydrogen-bond acceptors (Lipinski definition) is 6. The van der Waals surface area contributed by atoms with Crippen LogP contribution in [0, 0.1) is 0 Å². The van der Waals surface area contributed by atoms with Gasteiger partial charge in [0.15, 0.2) is 0 Å². The predicted octanol–water partition coefficient (Wildman–Crippen LogP) is 1.59. The van der Waals surface area contributed by atoms with Gasteiger partial charge in [-0.3, -0.25) is 14.4 Å². The van der Waals surface area contributed by atoms with Crippen LogP contribution in [0.4, 0.5) is 0 Å². The number of unbranched alkanes of at least 4 members (excludes halogenated alkanes) is 6. The molecular weight excluding hydrogens is 386 g/mol. The van der Waals surface area contributed by atoms with Crippen molar-refractivity contribution >= 4 is 17.8 Å². The predicted molar refractivity (Wildman–Crippen MR) is 114 cm³/mol. The molecule has 0 radical (unpaired) electrons. The molecule has 30 heavy (non-hydrogen) atoms. The van der Waals surface area contributed by atoms with E-state index in [0.29, 0.717) is 6.42 Å². The summed E-state index contributed by atoms with van der Waals surface area (Å²) in [6.07, 6.45) is 11.9. The normalized spacial score (nSPS) is 11.7. The van der Waals surface area contributed by atoms with Gasteiger partial charge in [-0.15, -0.1) is 0 Å². The molecule has 0 aliphatic rings. The summed E-state index contributed by atoms with van der Waals surface area (Å²) >= 11 is 0. The Bertz CT molecular complexity index is 607. The number of nitrogens with two attached hydrogens (primary N) is 1. The van der Waals surface area contributed by atoms with Crippen LogP contribution in [-0.2, 0) is 25.5 Å². The lowest BCUT2D eigenvalue weighted by atomic mass is 10.1. The molecule has 1 heterocycles. The molecule has 0 bridgehead atoms. The number of esters is 1. The number of carbonyl (C=O) groups is 3. The molecule has 0 aliphatic carbocycles. The Hall–Kier alpha value is -2.42. The molecule has 1 rings (SSSR count). The van der Waals surface area contributed by atoms with Crippen LogP contribution in [0.5, 0.6) is 0 Å². The topological polar surface area (TPSA) is 139 Å². The third-order valence-corrected chi connectivity index (χ3v) is 4.65. The first kappa shape index (κ1) is 25.6. The van der Waals surface area contributed by atoms with Crippen molar-refractivity contribution in [1.29, 1.82) is 0 Å². The van der Waals surface area contributed by atoms with Gasteiger partial charge in [-0.1, -0.05) is 45.4 Å². The molecule has 9 heteroatoms. The fourth-order valence-corrected chi connectivity index (χ4v) is 2.98. The maximum absolute atomic E-state index is 12.4. The largest absolute Gasteiger partial charge is 0.464 e. The molecule has 0 aliphatic heterocycles. The molecule has 0 saturated carbocycles. The summed E-state index contributed by atoms with van der Waals surface area (Å²) in [7, 11) is 0. The van der Waals surface area contributed by atoms with Gasteiger partial charge in [0, 0.05) is 37.7 Å². The highest BCUT2D eigenvalue weighted by Crippen LogP contribution is 2.08. The number of hydrogen-bond donors (Lipinski definition) is 4. The zero-order valence-electron chi connectivity index (χ0n) is 18.1. The molecule has 1 aromatic heterocycles. The maximum atomic E-state index is 12.4. The van der Waals surface area contributed by atoms with E-state index in [-0.39, 0.29) is 50.3 Å². The Balaban J connectivity index is 2.23. The summed E-state index contributed by atoms with van der Waals surface area (Å²) in [4.78, 5) is 42.9. The first-order valence-electron chi connectivity index (χ1n) is 11.0. The highest BCUT2D eigenvalue weighted by Gasteiger charge is 2.21. The van der Waals surface area contributed by atoms with Crippen LogP contribution in [0.3, 0.4) is 0 Å². The smallest absolute Gasteiger partial charge is 0.305 e. The number of imidazole rings is 1. The third kappa shape index (κ3) is 12.2. The van der Waals surface area contributed by atoms with Gasteiger partial charge in [0.2, 0.25) is 11.8 Å². The fraction of sp³-hybridized carbons (Fsp3) is 0.714. The number of nitrogens with one attached hydrogen (secondary N) is 3. The van der Waals surface area contributed by atoms with Gasteiger partial charge >= 0.3 is 5.97 Å². The van der Waals surface area contributed by atoms with E-state index in [1.165, 1.54) is 32.0 Å². The van der Waals surface area contributed by atoms with Gasteiger partial charge in [-0.2, -0.15) is 0 Å². The number of aromatic nitrogens is 2. The summed E-state index contributed by atoms with van der Waals surface area (Å²) in [5.74, 6) is -0.889. The minimum Gasteiger partial charge on any atom is -0.464 e. The van der Waals surface area contributed by atoms with Gasteiger partial charge in [0.1, 0.15) is 12.6 Å². The van der Waals surface area contributed by atoms with Gasteiger partial charge in [-0.25, -0.2) is 4.98 Å². The number of nitrogens with zero attached hydrogens (tertiary/aromatic N) is 1. The quantitative estimate of drug-likeness (QED) is 0.222. The first-order chi connectivity index (χ1) is 14.6. The van der Waals surface area contributed by atoms with Crippen LogP contribution in [0.2, 0.25) is 0 Å². The lowest BCUT2D eigenvalue weighted by Gasteiger charge is -2.18. The number of rotatable bonds is 17. The molecule has 170 valence electrons. The van der Waals surface area contributed by atoms with Crippen LogP contribution in [0.1, 0.15) is 70.4 Å². The fourth-order valence-electron chi connectivity index (χ4n) is 2.98. The number of carbonyl (C=O) groups excluding carboxylic acids is 3.